The molecule has 0 unspecified atom stereocenters. The van der Waals surface area contributed by atoms with Crippen LogP contribution in [0.15, 0.2) is 36.8 Å². The maximum atomic E-state index is 13.3. The van der Waals surface area contributed by atoms with Crippen molar-refractivity contribution in [2.24, 2.45) is 0 Å². The highest BCUT2D eigenvalue weighted by Crippen LogP contribution is 2.25. The second-order valence-corrected chi connectivity index (χ2v) is 8.16. The molecule has 150 valence electrons. The van der Waals surface area contributed by atoms with E-state index in [1.54, 1.807) is 12.4 Å². The first-order valence-electron chi connectivity index (χ1n) is 10.9. The summed E-state index contributed by atoms with van der Waals surface area (Å²) in [6.45, 7) is 7.27. The summed E-state index contributed by atoms with van der Waals surface area (Å²) >= 11 is 0. The van der Waals surface area contributed by atoms with Gasteiger partial charge in [0.05, 0.1) is 0 Å². The molecular weight excluding hydrogens is 348 g/mol. The summed E-state index contributed by atoms with van der Waals surface area (Å²) in [6, 6.07) is 6.73. The van der Waals surface area contributed by atoms with Gasteiger partial charge in [-0.2, -0.15) is 0 Å². The topological polar surface area (TPSA) is 41.4 Å². The summed E-state index contributed by atoms with van der Waals surface area (Å²) in [6.07, 6.45) is 13.0. The minimum Gasteiger partial charge on any atom is -0.343 e. The Morgan fingerprint density at radius 3 is 2.43 bits per heavy atom. The fourth-order valence-electron chi connectivity index (χ4n) is 4.70. The molecule has 0 saturated carbocycles. The zero-order valence-electron chi connectivity index (χ0n) is 17.0. The minimum atomic E-state index is 0.186. The van der Waals surface area contributed by atoms with E-state index in [2.05, 4.69) is 38.5 Å². The van der Waals surface area contributed by atoms with Crippen LogP contribution in [0.3, 0.4) is 0 Å². The molecule has 2 aromatic heterocycles. The molecule has 28 heavy (non-hydrogen) atoms. The van der Waals surface area contributed by atoms with Gasteiger partial charge >= 0.3 is 0 Å². The summed E-state index contributed by atoms with van der Waals surface area (Å²) in [4.78, 5) is 22.1. The molecule has 0 radical (unpaired) electrons. The monoisotopic (exact) mass is 380 g/mol. The van der Waals surface area contributed by atoms with Crippen molar-refractivity contribution in [3.63, 3.8) is 0 Å². The smallest absolute Gasteiger partial charge is 0.270 e. The van der Waals surface area contributed by atoms with Crippen LogP contribution in [-0.4, -0.2) is 57.5 Å². The number of pyridine rings is 1. The Bertz CT molecular complexity index is 771. The number of rotatable bonds is 5. The van der Waals surface area contributed by atoms with E-state index in [1.807, 2.05) is 12.1 Å². The van der Waals surface area contributed by atoms with Gasteiger partial charge in [-0.05, 0) is 69.0 Å². The average molecular weight is 381 g/mol. The number of likely N-dealkylation sites (tertiary alicyclic amines) is 2. The number of piperidine rings is 2. The molecule has 4 heterocycles. The molecule has 0 aromatic carbocycles. The Balaban J connectivity index is 1.46. The van der Waals surface area contributed by atoms with Crippen LogP contribution in [0.2, 0.25) is 0 Å². The summed E-state index contributed by atoms with van der Waals surface area (Å²) in [5.41, 5.74) is 3.04. The third kappa shape index (κ3) is 4.14. The molecule has 0 bridgehead atoms. The maximum Gasteiger partial charge on any atom is 0.270 e. The number of carbonyl (C=O) groups is 1. The number of nitrogens with zero attached hydrogens (tertiary/aromatic N) is 4. The lowest BCUT2D eigenvalue weighted by molar-refractivity contribution is 0.0580. The van der Waals surface area contributed by atoms with E-state index >= 15 is 0 Å². The summed E-state index contributed by atoms with van der Waals surface area (Å²) in [7, 11) is 0. The predicted octanol–water partition coefficient (Wildman–Crippen LogP) is 4.05. The number of carbonyl (C=O) groups excluding carboxylic acids is 1. The highest BCUT2D eigenvalue weighted by atomic mass is 16.2. The van der Waals surface area contributed by atoms with E-state index in [4.69, 9.17) is 0 Å². The average Bonchev–Trinajstić information content (AvgIpc) is 3.19. The number of hydrogen-bond acceptors (Lipinski definition) is 3. The van der Waals surface area contributed by atoms with Gasteiger partial charge in [0.2, 0.25) is 0 Å². The molecule has 1 amide bonds. The maximum absolute atomic E-state index is 13.3. The molecule has 4 rings (SSSR count). The lowest BCUT2D eigenvalue weighted by Gasteiger charge is -2.40. The van der Waals surface area contributed by atoms with Crippen LogP contribution < -0.4 is 0 Å². The van der Waals surface area contributed by atoms with Gasteiger partial charge in [-0.3, -0.25) is 9.78 Å². The minimum absolute atomic E-state index is 0.186. The van der Waals surface area contributed by atoms with Gasteiger partial charge in [-0.1, -0.05) is 13.3 Å². The fraction of sp³-hybridized carbons (Fsp3) is 0.565. The second kappa shape index (κ2) is 8.91. The van der Waals surface area contributed by atoms with Gasteiger partial charge in [0.1, 0.15) is 5.69 Å². The first-order chi connectivity index (χ1) is 13.8. The Labute approximate surface area is 168 Å². The van der Waals surface area contributed by atoms with Gasteiger partial charge in [0.15, 0.2) is 0 Å². The summed E-state index contributed by atoms with van der Waals surface area (Å²) in [5, 5.41) is 0. The Kier molecular flexibility index (Phi) is 6.10. The van der Waals surface area contributed by atoms with Crippen molar-refractivity contribution in [2.75, 3.05) is 26.2 Å². The Hall–Kier alpha value is -2.14. The van der Waals surface area contributed by atoms with Crippen LogP contribution in [0, 0.1) is 0 Å². The van der Waals surface area contributed by atoms with E-state index in [0.29, 0.717) is 6.04 Å². The van der Waals surface area contributed by atoms with Gasteiger partial charge in [-0.25, -0.2) is 0 Å². The molecule has 2 aliphatic rings. The molecular formula is C23H32N4O. The quantitative estimate of drug-likeness (QED) is 0.786. The molecule has 2 fully saturated rings. The van der Waals surface area contributed by atoms with Crippen LogP contribution in [0.5, 0.6) is 0 Å². The van der Waals surface area contributed by atoms with Crippen LogP contribution in [0.25, 0.3) is 11.1 Å². The molecule has 0 aliphatic carbocycles. The summed E-state index contributed by atoms with van der Waals surface area (Å²) < 4.78 is 2.13. The molecule has 0 spiro atoms. The zero-order chi connectivity index (χ0) is 19.3. The van der Waals surface area contributed by atoms with E-state index in [9.17, 15) is 4.79 Å². The third-order valence-corrected chi connectivity index (χ3v) is 6.25. The van der Waals surface area contributed by atoms with Crippen molar-refractivity contribution in [3.8, 4) is 11.1 Å². The van der Waals surface area contributed by atoms with Crippen molar-refractivity contribution in [1.29, 1.82) is 0 Å². The molecule has 0 atom stereocenters. The molecule has 0 N–H and O–H groups in total. The number of aromatic nitrogens is 2. The van der Waals surface area contributed by atoms with Gasteiger partial charge in [0, 0.05) is 49.8 Å². The fourth-order valence-corrected chi connectivity index (χ4v) is 4.70. The highest BCUT2D eigenvalue weighted by molar-refractivity contribution is 5.94. The predicted molar refractivity (Wildman–Crippen MR) is 112 cm³/mol. The van der Waals surface area contributed by atoms with E-state index in [0.717, 1.165) is 55.7 Å². The molecule has 5 nitrogen and oxygen atoms in total. The first kappa shape index (κ1) is 19.2. The van der Waals surface area contributed by atoms with Gasteiger partial charge in [0.25, 0.3) is 5.91 Å². The second-order valence-electron chi connectivity index (χ2n) is 8.16. The van der Waals surface area contributed by atoms with Crippen LogP contribution in [0.1, 0.15) is 55.9 Å². The number of aryl methyl sites for hydroxylation is 1. The molecule has 2 saturated heterocycles. The van der Waals surface area contributed by atoms with E-state index < -0.39 is 0 Å². The van der Waals surface area contributed by atoms with Crippen LogP contribution >= 0.6 is 0 Å². The van der Waals surface area contributed by atoms with Gasteiger partial charge in [-0.15, -0.1) is 0 Å². The molecule has 2 aromatic rings. The Morgan fingerprint density at radius 1 is 1.04 bits per heavy atom. The Morgan fingerprint density at radius 2 is 1.75 bits per heavy atom. The van der Waals surface area contributed by atoms with Crippen molar-refractivity contribution >= 4 is 5.91 Å². The van der Waals surface area contributed by atoms with Crippen molar-refractivity contribution in [2.45, 2.75) is 58.0 Å². The lowest BCUT2D eigenvalue weighted by Crippen LogP contribution is -2.48. The van der Waals surface area contributed by atoms with Gasteiger partial charge < -0.3 is 14.4 Å². The van der Waals surface area contributed by atoms with Crippen molar-refractivity contribution in [1.82, 2.24) is 19.4 Å². The first-order valence-corrected chi connectivity index (χ1v) is 10.9. The highest BCUT2D eigenvalue weighted by Gasteiger charge is 2.29. The zero-order valence-corrected chi connectivity index (χ0v) is 17.0. The van der Waals surface area contributed by atoms with E-state index in [-0.39, 0.29) is 5.91 Å². The molecule has 2 aliphatic heterocycles. The largest absolute Gasteiger partial charge is 0.343 e. The van der Waals surface area contributed by atoms with E-state index in [1.165, 1.54) is 32.4 Å². The number of hydrogen-bond donors (Lipinski definition) is 0. The van der Waals surface area contributed by atoms with Crippen molar-refractivity contribution in [3.05, 3.63) is 42.5 Å². The lowest BCUT2D eigenvalue weighted by atomic mass is 9.99. The standard InChI is InChI=1S/C23H32N4O/c1-2-12-27-18-20(19-6-10-24-11-7-19)17-22(27)23(28)26-15-8-21(9-16-26)25-13-4-3-5-14-25/h6-7,10-11,17-18,21H,2-5,8-9,12-16H2,1H3. The normalized spacial score (nSPS) is 19.1. The summed E-state index contributed by atoms with van der Waals surface area (Å²) in [5.74, 6) is 0.186. The van der Waals surface area contributed by atoms with Crippen LogP contribution in [-0.2, 0) is 6.54 Å². The van der Waals surface area contributed by atoms with Crippen molar-refractivity contribution < 1.29 is 4.79 Å². The molecule has 5 heteroatoms. The third-order valence-electron chi connectivity index (χ3n) is 6.25. The number of amides is 1. The van der Waals surface area contributed by atoms with Crippen LogP contribution in [0.4, 0.5) is 0 Å². The SMILES string of the molecule is CCCn1cc(-c2ccncc2)cc1C(=O)N1CCC(N2CCCCC2)CC1.